The minimum absolute atomic E-state index is 0.194. The number of allylic oxidation sites excluding steroid dienone is 2. The van der Waals surface area contributed by atoms with E-state index in [4.69, 9.17) is 23.5 Å². The number of hydrogen-bond donors (Lipinski definition) is 0. The monoisotopic (exact) mass is 526 g/mol. The molecule has 0 aromatic heterocycles. The lowest BCUT2D eigenvalue weighted by atomic mass is 9.94. The fourth-order valence-electron chi connectivity index (χ4n) is 4.00. The molecule has 1 aromatic carbocycles. The standard InChI is InChI=1S/C25H39O8PSi/c1-16(14-20(24(26)30-4)34(6,28)31-5)10-11-18-22(29-3)17(2)19-15-33-25(27)21(19)23(18)32-12-13-35(7,8)9/h10,20H,11-15H2,1-9H3/b16-10+. The SMILES string of the molecule is COC(=O)C(C/C(C)=C/Cc1c(OC)c(C)c2c(c1OCC[Si](C)(C)C)C(=O)OC2)P(C)(=O)OC. The van der Waals surface area contributed by atoms with Gasteiger partial charge in [0, 0.05) is 33.0 Å². The van der Waals surface area contributed by atoms with Crippen LogP contribution in [0.4, 0.5) is 0 Å². The van der Waals surface area contributed by atoms with Crippen LogP contribution in [0.3, 0.4) is 0 Å². The van der Waals surface area contributed by atoms with E-state index in [1.54, 1.807) is 7.11 Å². The number of cyclic esters (lactones) is 1. The maximum atomic E-state index is 12.8. The van der Waals surface area contributed by atoms with Crippen LogP contribution in [0.5, 0.6) is 11.5 Å². The molecule has 8 nitrogen and oxygen atoms in total. The van der Waals surface area contributed by atoms with Crippen LogP contribution in [0.1, 0.15) is 40.4 Å². The third-order valence-electron chi connectivity index (χ3n) is 6.30. The molecule has 0 amide bonds. The maximum absolute atomic E-state index is 12.8. The predicted molar refractivity (Wildman–Crippen MR) is 139 cm³/mol. The van der Waals surface area contributed by atoms with Gasteiger partial charge in [-0.2, -0.15) is 0 Å². The average molecular weight is 527 g/mol. The summed E-state index contributed by atoms with van der Waals surface area (Å²) in [5, 5.41) is 0. The molecule has 0 spiro atoms. The van der Waals surface area contributed by atoms with Gasteiger partial charge in [0.25, 0.3) is 0 Å². The first-order chi connectivity index (χ1) is 16.3. The zero-order valence-corrected chi connectivity index (χ0v) is 24.3. The lowest BCUT2D eigenvalue weighted by molar-refractivity contribution is -0.140. The number of benzene rings is 1. The molecule has 35 heavy (non-hydrogen) atoms. The van der Waals surface area contributed by atoms with Crippen molar-refractivity contribution in [1.82, 2.24) is 0 Å². The van der Waals surface area contributed by atoms with Crippen LogP contribution in [0.25, 0.3) is 0 Å². The lowest BCUT2D eigenvalue weighted by Crippen LogP contribution is -2.23. The molecule has 1 heterocycles. The number of fused-ring (bicyclic) bond motifs is 1. The highest BCUT2D eigenvalue weighted by atomic mass is 31.2. The van der Waals surface area contributed by atoms with Crippen LogP contribution in [-0.2, 0) is 36.4 Å². The van der Waals surface area contributed by atoms with E-state index in [2.05, 4.69) is 19.6 Å². The first kappa shape index (κ1) is 29.1. The Morgan fingerprint density at radius 2 is 1.86 bits per heavy atom. The molecule has 196 valence electrons. The van der Waals surface area contributed by atoms with Gasteiger partial charge >= 0.3 is 11.9 Å². The Labute approximate surface area is 209 Å². The lowest BCUT2D eigenvalue weighted by Gasteiger charge is -2.22. The van der Waals surface area contributed by atoms with Crippen LogP contribution >= 0.6 is 7.37 Å². The van der Waals surface area contributed by atoms with Crippen molar-refractivity contribution in [3.05, 3.63) is 33.9 Å². The fourth-order valence-corrected chi connectivity index (χ4v) is 6.07. The number of rotatable bonds is 12. The Kier molecular flexibility index (Phi) is 9.79. The minimum Gasteiger partial charge on any atom is -0.496 e. The van der Waals surface area contributed by atoms with Gasteiger partial charge < -0.3 is 23.5 Å². The molecule has 1 aromatic rings. The predicted octanol–water partition coefficient (Wildman–Crippen LogP) is 5.37. The van der Waals surface area contributed by atoms with Crippen molar-refractivity contribution in [2.75, 3.05) is 34.6 Å². The molecule has 0 saturated heterocycles. The Balaban J connectivity index is 2.48. The topological polar surface area (TPSA) is 97.4 Å². The molecular formula is C25H39O8PSi. The van der Waals surface area contributed by atoms with Crippen molar-refractivity contribution < 1.29 is 37.6 Å². The summed E-state index contributed by atoms with van der Waals surface area (Å²) in [6.45, 7) is 12.7. The van der Waals surface area contributed by atoms with Gasteiger partial charge in [0.2, 0.25) is 7.37 Å². The number of carbonyl (C=O) groups excluding carboxylic acids is 2. The molecule has 0 saturated carbocycles. The van der Waals surface area contributed by atoms with Crippen molar-refractivity contribution in [3.8, 4) is 11.5 Å². The second-order valence-corrected chi connectivity index (χ2v) is 18.6. The summed E-state index contributed by atoms with van der Waals surface area (Å²) in [5.41, 5.74) is 2.77. The summed E-state index contributed by atoms with van der Waals surface area (Å²) in [5.74, 6) is 0.175. The van der Waals surface area contributed by atoms with Gasteiger partial charge in [-0.1, -0.05) is 31.3 Å². The molecule has 10 heteroatoms. The Morgan fingerprint density at radius 1 is 1.20 bits per heavy atom. The van der Waals surface area contributed by atoms with Crippen LogP contribution in [0.15, 0.2) is 11.6 Å². The summed E-state index contributed by atoms with van der Waals surface area (Å²) in [6.07, 6.45) is 2.54. The van der Waals surface area contributed by atoms with Gasteiger partial charge in [0.05, 0.1) is 20.8 Å². The number of ether oxygens (including phenoxy) is 4. The maximum Gasteiger partial charge on any atom is 0.342 e. The van der Waals surface area contributed by atoms with Gasteiger partial charge in [0.15, 0.2) is 0 Å². The molecule has 1 aliphatic rings. The van der Waals surface area contributed by atoms with E-state index in [1.165, 1.54) is 20.9 Å². The van der Waals surface area contributed by atoms with Crippen LogP contribution in [0.2, 0.25) is 25.7 Å². The highest BCUT2D eigenvalue weighted by molar-refractivity contribution is 7.59. The molecule has 0 N–H and O–H groups in total. The molecule has 1 aliphatic heterocycles. The van der Waals surface area contributed by atoms with E-state index in [0.29, 0.717) is 30.1 Å². The summed E-state index contributed by atoms with van der Waals surface area (Å²) < 4.78 is 40.2. The quantitative estimate of drug-likeness (QED) is 0.155. The number of hydrogen-bond acceptors (Lipinski definition) is 8. The molecular weight excluding hydrogens is 487 g/mol. The largest absolute Gasteiger partial charge is 0.496 e. The highest BCUT2D eigenvalue weighted by Gasteiger charge is 2.36. The van der Waals surface area contributed by atoms with E-state index in [9.17, 15) is 14.2 Å². The number of methoxy groups -OCH3 is 2. The Bertz CT molecular complexity index is 1040. The molecule has 0 aliphatic carbocycles. The zero-order valence-electron chi connectivity index (χ0n) is 22.4. The summed E-state index contributed by atoms with van der Waals surface area (Å²) in [7, 11) is -0.377. The van der Waals surface area contributed by atoms with E-state index < -0.39 is 33.0 Å². The Hall–Kier alpha value is -2.09. The first-order valence-electron chi connectivity index (χ1n) is 11.7. The summed E-state index contributed by atoms with van der Waals surface area (Å²) in [4.78, 5) is 24.9. The van der Waals surface area contributed by atoms with Gasteiger partial charge in [-0.15, -0.1) is 0 Å². The van der Waals surface area contributed by atoms with Crippen LogP contribution < -0.4 is 9.47 Å². The third-order valence-corrected chi connectivity index (χ3v) is 10.3. The zero-order chi connectivity index (χ0) is 26.6. The molecule has 0 bridgehead atoms. The first-order valence-corrected chi connectivity index (χ1v) is 17.5. The smallest absolute Gasteiger partial charge is 0.342 e. The molecule has 0 fully saturated rings. The second kappa shape index (κ2) is 11.8. The van der Waals surface area contributed by atoms with Crippen molar-refractivity contribution in [1.29, 1.82) is 0 Å². The van der Waals surface area contributed by atoms with E-state index >= 15 is 0 Å². The fraction of sp³-hybridized carbons (Fsp3) is 0.600. The normalized spacial score (nSPS) is 16.3. The van der Waals surface area contributed by atoms with Crippen molar-refractivity contribution in [2.45, 2.75) is 64.6 Å². The average Bonchev–Trinajstić information content (AvgIpc) is 3.18. The van der Waals surface area contributed by atoms with Crippen LogP contribution in [-0.4, -0.2) is 60.3 Å². The molecule has 2 atom stereocenters. The summed E-state index contributed by atoms with van der Waals surface area (Å²) in [6, 6.07) is 0.935. The second-order valence-electron chi connectivity index (χ2n) is 10.1. The van der Waals surface area contributed by atoms with Gasteiger partial charge in [-0.25, -0.2) is 4.79 Å². The van der Waals surface area contributed by atoms with Gasteiger partial charge in [0.1, 0.15) is 29.3 Å². The molecule has 2 rings (SSSR count). The van der Waals surface area contributed by atoms with Gasteiger partial charge in [-0.05, 0) is 38.3 Å². The number of esters is 2. The molecule has 2 unspecified atom stereocenters. The van der Waals surface area contributed by atoms with E-state index in [-0.39, 0.29) is 13.0 Å². The van der Waals surface area contributed by atoms with E-state index in [0.717, 1.165) is 28.3 Å². The highest BCUT2D eigenvalue weighted by Crippen LogP contribution is 2.50. The van der Waals surface area contributed by atoms with Crippen molar-refractivity contribution in [2.24, 2.45) is 0 Å². The summed E-state index contributed by atoms with van der Waals surface area (Å²) >= 11 is 0. The van der Waals surface area contributed by atoms with E-state index in [1.807, 2.05) is 19.9 Å². The van der Waals surface area contributed by atoms with Crippen molar-refractivity contribution in [3.63, 3.8) is 0 Å². The van der Waals surface area contributed by atoms with Gasteiger partial charge in [-0.3, -0.25) is 9.36 Å². The number of carbonyl (C=O) groups is 2. The molecule has 0 radical (unpaired) electrons. The van der Waals surface area contributed by atoms with Crippen molar-refractivity contribution >= 4 is 27.4 Å². The third kappa shape index (κ3) is 6.99. The minimum atomic E-state index is -3.21. The Morgan fingerprint density at radius 3 is 2.40 bits per heavy atom. The van der Waals surface area contributed by atoms with Crippen LogP contribution in [0, 0.1) is 6.92 Å².